The smallest absolute Gasteiger partial charge is 0.302 e. The van der Waals surface area contributed by atoms with Crippen molar-refractivity contribution in [2.45, 2.75) is 22.3 Å². The van der Waals surface area contributed by atoms with Crippen molar-refractivity contribution in [3.63, 3.8) is 0 Å². The Labute approximate surface area is 157 Å². The monoisotopic (exact) mass is 406 g/mol. The number of thiol groups is 1. The fourth-order valence-electron chi connectivity index (χ4n) is 1.98. The first-order valence-corrected chi connectivity index (χ1v) is 9.89. The van der Waals surface area contributed by atoms with Crippen LogP contribution < -0.4 is 4.90 Å². The van der Waals surface area contributed by atoms with Gasteiger partial charge >= 0.3 is 4.64 Å². The number of benzene rings is 1. The molecule has 2 rings (SSSR count). The lowest BCUT2D eigenvalue weighted by Crippen LogP contribution is -2.42. The lowest BCUT2D eigenvalue weighted by atomic mass is 10.2. The van der Waals surface area contributed by atoms with Crippen molar-refractivity contribution in [3.8, 4) is 0 Å². The molecule has 5 nitrogen and oxygen atoms in total. The number of rotatable bonds is 8. The van der Waals surface area contributed by atoms with Gasteiger partial charge in [0, 0.05) is 12.3 Å². The second kappa shape index (κ2) is 8.92. The van der Waals surface area contributed by atoms with Gasteiger partial charge in [-0.25, -0.2) is 17.6 Å². The predicted molar refractivity (Wildman–Crippen MR) is 99.1 cm³/mol. The molecule has 0 radical (unpaired) electrons. The molecule has 130 valence electrons. The van der Waals surface area contributed by atoms with E-state index in [-0.39, 0.29) is 0 Å². The van der Waals surface area contributed by atoms with Crippen LogP contribution >= 0.6 is 35.0 Å². The molecule has 1 aromatic heterocycles. The van der Waals surface area contributed by atoms with E-state index < -0.39 is 15.6 Å². The number of thioether (sulfide) groups is 1. The molecule has 0 N–H and O–H groups in total. The van der Waals surface area contributed by atoms with Gasteiger partial charge in [0.1, 0.15) is 5.82 Å². The number of pyridine rings is 1. The third-order valence-corrected chi connectivity index (χ3v) is 5.22. The minimum atomic E-state index is -3.20. The molecule has 9 heteroatoms. The molecule has 2 aromatic rings. The minimum Gasteiger partial charge on any atom is -0.302 e. The van der Waals surface area contributed by atoms with E-state index in [1.54, 1.807) is 30.8 Å². The zero-order valence-electron chi connectivity index (χ0n) is 12.8. The highest BCUT2D eigenvalue weighted by Crippen LogP contribution is 2.33. The number of hydrogen-bond acceptors (Lipinski definition) is 6. The third-order valence-electron chi connectivity index (χ3n) is 3.03. The second-order valence-electron chi connectivity index (χ2n) is 4.65. The van der Waals surface area contributed by atoms with Gasteiger partial charge in [-0.3, -0.25) is 0 Å². The summed E-state index contributed by atoms with van der Waals surface area (Å²) in [6.07, 6.45) is 0. The van der Waals surface area contributed by atoms with Crippen molar-refractivity contribution >= 4 is 51.8 Å². The number of aromatic nitrogens is 1. The van der Waals surface area contributed by atoms with E-state index in [9.17, 15) is 8.42 Å². The average Bonchev–Trinajstić information content (AvgIpc) is 2.53. The number of alkyl halides is 2. The predicted octanol–water partition coefficient (Wildman–Crippen LogP) is 3.83. The Morgan fingerprint density at radius 3 is 2.50 bits per heavy atom. The minimum absolute atomic E-state index is 0.315. The van der Waals surface area contributed by atoms with Crippen molar-refractivity contribution in [1.29, 1.82) is 0 Å². The van der Waals surface area contributed by atoms with Gasteiger partial charge < -0.3 is 4.90 Å². The summed E-state index contributed by atoms with van der Waals surface area (Å²) in [5.41, 5.74) is 1.18. The number of nitrogens with zero attached hydrogens (tertiary/aromatic N) is 2. The second-order valence-corrected chi connectivity index (χ2v) is 7.50. The highest BCUT2D eigenvalue weighted by Gasteiger charge is 2.35. The molecule has 1 heterocycles. The van der Waals surface area contributed by atoms with E-state index in [1.165, 1.54) is 10.5 Å². The van der Waals surface area contributed by atoms with Crippen LogP contribution in [-0.4, -0.2) is 24.6 Å². The molecule has 0 aliphatic carbocycles. The lowest BCUT2D eigenvalue weighted by Gasteiger charge is -2.31. The molecule has 0 aliphatic rings. The van der Waals surface area contributed by atoms with Crippen LogP contribution in [0.15, 0.2) is 53.6 Å². The van der Waals surface area contributed by atoms with Gasteiger partial charge in [-0.1, -0.05) is 36.4 Å². The molecule has 0 amide bonds. The third kappa shape index (κ3) is 5.53. The van der Waals surface area contributed by atoms with E-state index in [0.29, 0.717) is 12.4 Å². The molecular weight excluding hydrogens is 391 g/mol. The standard InChI is InChI=1S/C15H16Cl2N2O3S2/c1-2-19(15(16,17)22-24(20)21)13-9-6-10-14(18-13)23-11-12-7-4-3-5-8-12/h3-10,24H,2,11H2,1H3. The van der Waals surface area contributed by atoms with E-state index in [4.69, 9.17) is 23.2 Å². The SMILES string of the molecule is CCN(c1cccc(SCc2ccccc2)n1)C(Cl)(Cl)O[SH](=O)=O. The molecule has 0 atom stereocenters. The summed E-state index contributed by atoms with van der Waals surface area (Å²) in [6, 6.07) is 15.4. The van der Waals surface area contributed by atoms with Crippen LogP contribution in [0.5, 0.6) is 0 Å². The van der Waals surface area contributed by atoms with Crippen LogP contribution in [0.3, 0.4) is 0 Å². The summed E-state index contributed by atoms with van der Waals surface area (Å²) in [7, 11) is -3.20. The van der Waals surface area contributed by atoms with Crippen LogP contribution in [0, 0.1) is 0 Å². The Balaban J connectivity index is 2.15. The molecule has 0 spiro atoms. The normalized spacial score (nSPS) is 11.7. The fraction of sp³-hybridized carbons (Fsp3) is 0.267. The first-order valence-electron chi connectivity index (χ1n) is 7.05. The Hall–Kier alpha value is -0.990. The zero-order chi connectivity index (χ0) is 17.6. The quantitative estimate of drug-likeness (QED) is 0.236. The summed E-state index contributed by atoms with van der Waals surface area (Å²) in [4.78, 5) is 5.83. The molecule has 0 aliphatic heterocycles. The maximum absolute atomic E-state index is 10.8. The molecule has 1 aromatic carbocycles. The van der Waals surface area contributed by atoms with Gasteiger partial charge in [-0.2, -0.15) is 0 Å². The molecule has 0 fully saturated rings. The lowest BCUT2D eigenvalue weighted by molar-refractivity contribution is 0.252. The Kier molecular flexibility index (Phi) is 7.18. The Morgan fingerprint density at radius 1 is 1.17 bits per heavy atom. The fourth-order valence-corrected chi connectivity index (χ4v) is 3.85. The van der Waals surface area contributed by atoms with Crippen molar-refractivity contribution in [2.75, 3.05) is 11.4 Å². The van der Waals surface area contributed by atoms with Crippen LogP contribution in [0.25, 0.3) is 0 Å². The largest absolute Gasteiger partial charge is 0.316 e. The molecular formula is C15H16Cl2N2O3S2. The van der Waals surface area contributed by atoms with E-state index in [2.05, 4.69) is 9.17 Å². The number of anilines is 1. The summed E-state index contributed by atoms with van der Waals surface area (Å²) >= 11 is 13.5. The Morgan fingerprint density at radius 2 is 1.88 bits per heavy atom. The van der Waals surface area contributed by atoms with Crippen LogP contribution in [0.2, 0.25) is 0 Å². The maximum Gasteiger partial charge on any atom is 0.316 e. The Bertz CT molecular complexity index is 735. The molecule has 24 heavy (non-hydrogen) atoms. The molecule has 0 saturated heterocycles. The summed E-state index contributed by atoms with van der Waals surface area (Å²) in [6.45, 7) is 2.09. The number of halogens is 2. The first kappa shape index (κ1) is 19.3. The van der Waals surface area contributed by atoms with Crippen LogP contribution in [0.4, 0.5) is 5.82 Å². The first-order chi connectivity index (χ1) is 11.4. The number of hydrogen-bond donors (Lipinski definition) is 1. The van der Waals surface area contributed by atoms with E-state index in [1.807, 2.05) is 36.4 Å². The average molecular weight is 407 g/mol. The van der Waals surface area contributed by atoms with Gasteiger partial charge in [0.25, 0.3) is 11.0 Å². The molecule has 0 unspecified atom stereocenters. The van der Waals surface area contributed by atoms with Gasteiger partial charge in [-0.05, 0) is 47.8 Å². The summed E-state index contributed by atoms with van der Waals surface area (Å²) < 4.78 is 24.1. The van der Waals surface area contributed by atoms with Gasteiger partial charge in [0.2, 0.25) is 0 Å². The van der Waals surface area contributed by atoms with E-state index >= 15 is 0 Å². The highest BCUT2D eigenvalue weighted by atomic mass is 35.5. The summed E-state index contributed by atoms with van der Waals surface area (Å²) in [5.74, 6) is 1.19. The zero-order valence-corrected chi connectivity index (χ0v) is 16.0. The maximum atomic E-state index is 10.8. The van der Waals surface area contributed by atoms with E-state index in [0.717, 1.165) is 10.8 Å². The van der Waals surface area contributed by atoms with Crippen molar-refractivity contribution in [3.05, 3.63) is 54.1 Å². The summed E-state index contributed by atoms with van der Waals surface area (Å²) in [5, 5.41) is 0.769. The van der Waals surface area contributed by atoms with Crippen molar-refractivity contribution < 1.29 is 12.6 Å². The molecule has 0 bridgehead atoms. The van der Waals surface area contributed by atoms with Crippen molar-refractivity contribution in [2.24, 2.45) is 0 Å². The molecule has 0 saturated carbocycles. The highest BCUT2D eigenvalue weighted by molar-refractivity contribution is 7.98. The van der Waals surface area contributed by atoms with Crippen LogP contribution in [-0.2, 0) is 20.9 Å². The topological polar surface area (TPSA) is 59.5 Å². The van der Waals surface area contributed by atoms with Crippen molar-refractivity contribution in [1.82, 2.24) is 4.98 Å². The van der Waals surface area contributed by atoms with Crippen LogP contribution in [0.1, 0.15) is 12.5 Å². The van der Waals surface area contributed by atoms with Gasteiger partial charge in [-0.15, -0.1) is 11.8 Å². The van der Waals surface area contributed by atoms with Gasteiger partial charge in [0.05, 0.1) is 5.03 Å². The van der Waals surface area contributed by atoms with Gasteiger partial charge in [0.15, 0.2) is 0 Å².